The molecule has 0 saturated carbocycles. The molecule has 0 bridgehead atoms. The van der Waals surface area contributed by atoms with Gasteiger partial charge in [-0.3, -0.25) is 9.79 Å². The van der Waals surface area contributed by atoms with Gasteiger partial charge < -0.3 is 14.2 Å². The molecular formula is C20H27NO4S. The number of benzene rings is 1. The molecule has 2 atom stereocenters. The van der Waals surface area contributed by atoms with Gasteiger partial charge in [-0.2, -0.15) is 0 Å². The van der Waals surface area contributed by atoms with E-state index < -0.39 is 0 Å². The Hall–Kier alpha value is -1.53. The molecule has 0 aliphatic carbocycles. The Balaban J connectivity index is 1.71. The molecule has 2 unspecified atom stereocenters. The van der Waals surface area contributed by atoms with Crippen molar-refractivity contribution in [1.82, 2.24) is 0 Å². The number of rotatable bonds is 8. The minimum absolute atomic E-state index is 0.0343. The fraction of sp³-hybridized carbons (Fsp3) is 0.600. The zero-order chi connectivity index (χ0) is 18.5. The first-order chi connectivity index (χ1) is 12.5. The van der Waals surface area contributed by atoms with Crippen molar-refractivity contribution in [3.63, 3.8) is 0 Å². The predicted molar refractivity (Wildman–Crippen MR) is 105 cm³/mol. The lowest BCUT2D eigenvalue weighted by molar-refractivity contribution is 0.0999. The lowest BCUT2D eigenvalue weighted by Crippen LogP contribution is -2.13. The Kier molecular flexibility index (Phi) is 6.59. The molecule has 0 spiro atoms. The third kappa shape index (κ3) is 5.48. The van der Waals surface area contributed by atoms with E-state index in [4.69, 9.17) is 14.2 Å². The highest BCUT2D eigenvalue weighted by Crippen LogP contribution is 2.27. The molecule has 0 amide bonds. The van der Waals surface area contributed by atoms with E-state index in [-0.39, 0.29) is 11.9 Å². The Morgan fingerprint density at radius 2 is 2.15 bits per heavy atom. The summed E-state index contributed by atoms with van der Waals surface area (Å²) < 4.78 is 17.4. The molecule has 6 heteroatoms. The monoisotopic (exact) mass is 377 g/mol. The second kappa shape index (κ2) is 8.91. The van der Waals surface area contributed by atoms with Gasteiger partial charge in [-0.25, -0.2) is 0 Å². The Morgan fingerprint density at radius 3 is 2.81 bits per heavy atom. The highest BCUT2D eigenvalue weighted by atomic mass is 32.2. The number of aliphatic imine (C=N–C) groups is 1. The second-order valence-corrected chi connectivity index (χ2v) is 8.31. The third-order valence-corrected chi connectivity index (χ3v) is 5.29. The van der Waals surface area contributed by atoms with Gasteiger partial charge in [0.05, 0.1) is 36.9 Å². The maximum Gasteiger partial charge on any atom is 0.169 e. The van der Waals surface area contributed by atoms with E-state index in [0.29, 0.717) is 42.1 Å². The van der Waals surface area contributed by atoms with Crippen LogP contribution in [0.25, 0.3) is 0 Å². The van der Waals surface area contributed by atoms with E-state index in [1.54, 1.807) is 17.8 Å². The van der Waals surface area contributed by atoms with E-state index in [0.717, 1.165) is 30.4 Å². The molecule has 26 heavy (non-hydrogen) atoms. The number of ether oxygens (including phenoxy) is 3. The summed E-state index contributed by atoms with van der Waals surface area (Å²) in [5.74, 6) is 2.75. The molecule has 0 N–H and O–H groups in total. The van der Waals surface area contributed by atoms with Crippen molar-refractivity contribution < 1.29 is 19.0 Å². The molecule has 1 saturated heterocycles. The Labute approximate surface area is 159 Å². The van der Waals surface area contributed by atoms with Crippen LogP contribution in [0.4, 0.5) is 0 Å². The fourth-order valence-corrected chi connectivity index (χ4v) is 3.95. The van der Waals surface area contributed by atoms with Gasteiger partial charge in [-0.05, 0) is 39.3 Å². The first kappa shape index (κ1) is 19.2. The van der Waals surface area contributed by atoms with Crippen LogP contribution in [-0.2, 0) is 4.74 Å². The quantitative estimate of drug-likeness (QED) is 0.641. The van der Waals surface area contributed by atoms with Gasteiger partial charge in [0.15, 0.2) is 5.78 Å². The molecule has 5 nitrogen and oxygen atoms in total. The Bertz CT molecular complexity index is 674. The number of thioether (sulfide) groups is 1. The molecule has 2 heterocycles. The summed E-state index contributed by atoms with van der Waals surface area (Å²) in [6, 6.07) is 5.48. The molecule has 1 fully saturated rings. The number of Topliss-reactive ketones (excluding diaryl/α,β-unsaturated/α-hetero) is 1. The van der Waals surface area contributed by atoms with Crippen LogP contribution in [0.1, 0.15) is 44.0 Å². The molecule has 2 aliphatic rings. The second-order valence-electron chi connectivity index (χ2n) is 7.14. The molecule has 0 radical (unpaired) electrons. The van der Waals surface area contributed by atoms with Crippen molar-refractivity contribution in [2.45, 2.75) is 45.8 Å². The summed E-state index contributed by atoms with van der Waals surface area (Å²) in [5.41, 5.74) is 0.615. The summed E-state index contributed by atoms with van der Waals surface area (Å²) in [7, 11) is 0. The van der Waals surface area contributed by atoms with Gasteiger partial charge in [0.1, 0.15) is 11.5 Å². The number of carbonyl (C=O) groups excluding carboxylic acids is 1. The molecule has 2 aliphatic heterocycles. The van der Waals surface area contributed by atoms with Gasteiger partial charge >= 0.3 is 0 Å². The molecular weight excluding hydrogens is 350 g/mol. The molecule has 3 rings (SSSR count). The summed E-state index contributed by atoms with van der Waals surface area (Å²) in [5, 5.41) is 0.921. The molecule has 0 aromatic heterocycles. The van der Waals surface area contributed by atoms with Crippen LogP contribution >= 0.6 is 11.8 Å². The fourth-order valence-electron chi connectivity index (χ4n) is 3.12. The van der Waals surface area contributed by atoms with Crippen LogP contribution in [0.5, 0.6) is 11.5 Å². The zero-order valence-corrected chi connectivity index (χ0v) is 16.5. The minimum Gasteiger partial charge on any atom is -0.493 e. The van der Waals surface area contributed by atoms with Crippen molar-refractivity contribution >= 4 is 22.6 Å². The zero-order valence-electron chi connectivity index (χ0n) is 15.7. The predicted octanol–water partition coefficient (Wildman–Crippen LogP) is 4.00. The molecule has 1 aromatic rings. The smallest absolute Gasteiger partial charge is 0.169 e. The van der Waals surface area contributed by atoms with Crippen LogP contribution in [0.2, 0.25) is 0 Å². The average Bonchev–Trinajstić information content (AvgIpc) is 3.24. The number of hydrogen-bond donors (Lipinski definition) is 0. The highest BCUT2D eigenvalue weighted by molar-refractivity contribution is 8.14. The van der Waals surface area contributed by atoms with Crippen molar-refractivity contribution in [1.29, 1.82) is 0 Å². The van der Waals surface area contributed by atoms with Crippen molar-refractivity contribution in [3.8, 4) is 11.5 Å². The van der Waals surface area contributed by atoms with Crippen molar-refractivity contribution in [2.24, 2.45) is 10.9 Å². The molecule has 1 aromatic carbocycles. The number of nitrogens with zero attached hydrogens (tertiary/aromatic N) is 1. The maximum atomic E-state index is 12.7. The molecule has 142 valence electrons. The third-order valence-electron chi connectivity index (χ3n) is 4.30. The first-order valence-electron chi connectivity index (χ1n) is 9.25. The lowest BCUT2D eigenvalue weighted by Gasteiger charge is -2.15. The summed E-state index contributed by atoms with van der Waals surface area (Å²) >= 11 is 1.66. The topological polar surface area (TPSA) is 57.1 Å². The van der Waals surface area contributed by atoms with Gasteiger partial charge in [0.2, 0.25) is 0 Å². The standard InChI is InChI=1S/C20H27NO4S/c1-13(2)25-18-8-16(19(22)10-20-21-4-5-26-20)7-17(9-18)24-12-15-6-14(3)23-11-15/h7-9,13-15H,4-6,10-12H2,1-3H3. The van der Waals surface area contributed by atoms with E-state index in [2.05, 4.69) is 11.9 Å². The van der Waals surface area contributed by atoms with Crippen LogP contribution in [-0.4, -0.2) is 48.5 Å². The first-order valence-corrected chi connectivity index (χ1v) is 10.2. The number of ketones is 1. The van der Waals surface area contributed by atoms with Crippen LogP contribution in [0.15, 0.2) is 23.2 Å². The van der Waals surface area contributed by atoms with Gasteiger partial charge in [0.25, 0.3) is 0 Å². The van der Waals surface area contributed by atoms with Gasteiger partial charge in [-0.1, -0.05) is 0 Å². The van der Waals surface area contributed by atoms with Gasteiger partial charge in [0, 0.05) is 29.8 Å². The SMILES string of the molecule is CC(C)Oc1cc(OCC2COC(C)C2)cc(C(=O)CC2=NCCS2)c1. The van der Waals surface area contributed by atoms with E-state index in [1.807, 2.05) is 26.0 Å². The van der Waals surface area contributed by atoms with Gasteiger partial charge in [-0.15, -0.1) is 11.8 Å². The summed E-state index contributed by atoms with van der Waals surface area (Å²) in [6.07, 6.45) is 1.68. The van der Waals surface area contributed by atoms with Crippen molar-refractivity contribution in [3.05, 3.63) is 23.8 Å². The average molecular weight is 378 g/mol. The maximum absolute atomic E-state index is 12.7. The Morgan fingerprint density at radius 1 is 1.35 bits per heavy atom. The largest absolute Gasteiger partial charge is 0.493 e. The highest BCUT2D eigenvalue weighted by Gasteiger charge is 2.23. The minimum atomic E-state index is 0.0343. The summed E-state index contributed by atoms with van der Waals surface area (Å²) in [6.45, 7) is 8.14. The number of carbonyl (C=O) groups is 1. The lowest BCUT2D eigenvalue weighted by atomic mass is 10.1. The van der Waals surface area contributed by atoms with Crippen LogP contribution in [0.3, 0.4) is 0 Å². The van der Waals surface area contributed by atoms with E-state index in [1.165, 1.54) is 0 Å². The van der Waals surface area contributed by atoms with E-state index >= 15 is 0 Å². The summed E-state index contributed by atoms with van der Waals surface area (Å²) in [4.78, 5) is 17.0. The normalized spacial score (nSPS) is 22.5. The van der Waals surface area contributed by atoms with E-state index in [9.17, 15) is 4.79 Å². The van der Waals surface area contributed by atoms with Crippen molar-refractivity contribution in [2.75, 3.05) is 25.5 Å². The van der Waals surface area contributed by atoms with Crippen LogP contribution < -0.4 is 9.47 Å². The number of hydrogen-bond acceptors (Lipinski definition) is 6. The van der Waals surface area contributed by atoms with Crippen LogP contribution in [0, 0.1) is 5.92 Å².